The zero-order chi connectivity index (χ0) is 15.1. The van der Waals surface area contributed by atoms with E-state index >= 15 is 0 Å². The Morgan fingerprint density at radius 1 is 1.24 bits per heavy atom. The minimum atomic E-state index is -0.343. The lowest BCUT2D eigenvalue weighted by atomic mass is 9.99. The molecule has 0 unspecified atom stereocenters. The Kier molecular flexibility index (Phi) is 3.44. The molecule has 7 nitrogen and oxygen atoms in total. The minimum absolute atomic E-state index is 0.311. The largest absolute Gasteiger partial charge is 0.332 e. The second-order valence-electron chi connectivity index (χ2n) is 6.20. The van der Waals surface area contributed by atoms with Crippen molar-refractivity contribution in [3.63, 3.8) is 0 Å². The Labute approximate surface area is 122 Å². The average molecular weight is 292 g/mol. The van der Waals surface area contributed by atoms with E-state index in [-0.39, 0.29) is 11.2 Å². The van der Waals surface area contributed by atoms with Crippen LogP contribution in [-0.2, 0) is 20.6 Å². The molecule has 0 saturated carbocycles. The molecule has 1 aliphatic rings. The van der Waals surface area contributed by atoms with Gasteiger partial charge in [-0.3, -0.25) is 13.9 Å². The summed E-state index contributed by atoms with van der Waals surface area (Å²) in [6.07, 6.45) is 2.46. The highest BCUT2D eigenvalue weighted by Gasteiger charge is 2.21. The van der Waals surface area contributed by atoms with Crippen LogP contribution in [0.1, 0.15) is 25.6 Å². The summed E-state index contributed by atoms with van der Waals surface area (Å²) < 4.78 is 2.53. The van der Waals surface area contributed by atoms with Crippen molar-refractivity contribution in [1.82, 2.24) is 19.1 Å². The first kappa shape index (κ1) is 14.1. The van der Waals surface area contributed by atoms with Gasteiger partial charge >= 0.3 is 5.69 Å². The molecule has 1 saturated heterocycles. The van der Waals surface area contributed by atoms with Crippen LogP contribution in [0.5, 0.6) is 0 Å². The number of aromatic amines is 1. The van der Waals surface area contributed by atoms with Crippen LogP contribution in [0.15, 0.2) is 9.59 Å². The van der Waals surface area contributed by atoms with Crippen molar-refractivity contribution >= 4 is 11.2 Å². The molecule has 0 aliphatic carbocycles. The molecule has 7 heteroatoms. The van der Waals surface area contributed by atoms with Crippen LogP contribution in [0.2, 0.25) is 0 Å². The number of nitrogens with one attached hydrogen (secondary N) is 2. The van der Waals surface area contributed by atoms with E-state index in [0.717, 1.165) is 35.9 Å². The molecule has 2 aromatic heterocycles. The zero-order valence-electron chi connectivity index (χ0n) is 12.8. The summed E-state index contributed by atoms with van der Waals surface area (Å²) in [5, 5.41) is 0. The molecule has 2 aromatic rings. The Morgan fingerprint density at radius 2 is 1.90 bits per heavy atom. The summed E-state index contributed by atoms with van der Waals surface area (Å²) in [6, 6.07) is 0. The van der Waals surface area contributed by atoms with Crippen molar-refractivity contribution in [2.75, 3.05) is 13.1 Å². The van der Waals surface area contributed by atoms with E-state index < -0.39 is 0 Å². The summed E-state index contributed by atoms with van der Waals surface area (Å²) in [4.78, 5) is 33.1. The minimum Gasteiger partial charge on any atom is -0.331 e. The third-order valence-electron chi connectivity index (χ3n) is 4.54. The molecule has 1 fully saturated rings. The number of nitrogens with zero attached hydrogens (tertiary/aromatic N) is 3. The lowest BCUT2D eigenvalue weighted by molar-refractivity contribution is -0.920. The van der Waals surface area contributed by atoms with Crippen molar-refractivity contribution in [2.45, 2.75) is 26.3 Å². The van der Waals surface area contributed by atoms with E-state index in [1.165, 1.54) is 29.4 Å². The van der Waals surface area contributed by atoms with Crippen molar-refractivity contribution in [3.8, 4) is 0 Å². The number of fused-ring (bicyclic) bond motifs is 1. The van der Waals surface area contributed by atoms with Gasteiger partial charge in [0.1, 0.15) is 12.1 Å². The number of piperidine rings is 1. The van der Waals surface area contributed by atoms with Crippen molar-refractivity contribution in [1.29, 1.82) is 0 Å². The van der Waals surface area contributed by atoms with E-state index in [2.05, 4.69) is 16.9 Å². The summed E-state index contributed by atoms with van der Waals surface area (Å²) in [5.74, 6) is 1.59. The van der Waals surface area contributed by atoms with Crippen LogP contribution in [0.3, 0.4) is 0 Å². The molecule has 0 bridgehead atoms. The Hall–Kier alpha value is -1.89. The molecule has 2 N–H and O–H groups in total. The van der Waals surface area contributed by atoms with Crippen LogP contribution >= 0.6 is 0 Å². The first-order valence-electron chi connectivity index (χ1n) is 7.45. The predicted molar refractivity (Wildman–Crippen MR) is 79.4 cm³/mol. The third kappa shape index (κ3) is 2.42. The molecule has 0 spiro atoms. The Balaban J connectivity index is 1.95. The van der Waals surface area contributed by atoms with Gasteiger partial charge in [-0.05, 0) is 18.8 Å². The third-order valence-corrected chi connectivity index (χ3v) is 4.54. The lowest BCUT2D eigenvalue weighted by Crippen LogP contribution is -3.11. The molecular formula is C14H22N5O2+. The first-order valence-corrected chi connectivity index (χ1v) is 7.45. The van der Waals surface area contributed by atoms with Gasteiger partial charge < -0.3 is 9.88 Å². The van der Waals surface area contributed by atoms with E-state index in [9.17, 15) is 9.59 Å². The maximum Gasteiger partial charge on any atom is 0.332 e. The van der Waals surface area contributed by atoms with Gasteiger partial charge in [0, 0.05) is 14.1 Å². The van der Waals surface area contributed by atoms with E-state index in [1.54, 1.807) is 7.05 Å². The second-order valence-corrected chi connectivity index (χ2v) is 6.20. The van der Waals surface area contributed by atoms with Gasteiger partial charge in [0.25, 0.3) is 5.56 Å². The number of aromatic nitrogens is 4. The predicted octanol–water partition coefficient (Wildman–Crippen LogP) is -1.22. The molecule has 114 valence electrons. The maximum absolute atomic E-state index is 12.1. The quantitative estimate of drug-likeness (QED) is 0.728. The summed E-state index contributed by atoms with van der Waals surface area (Å²) >= 11 is 0. The van der Waals surface area contributed by atoms with Crippen LogP contribution in [0.25, 0.3) is 11.2 Å². The van der Waals surface area contributed by atoms with Gasteiger partial charge in [-0.2, -0.15) is 0 Å². The second kappa shape index (κ2) is 5.14. The molecule has 1 aliphatic heterocycles. The smallest absolute Gasteiger partial charge is 0.331 e. The Morgan fingerprint density at radius 3 is 2.57 bits per heavy atom. The van der Waals surface area contributed by atoms with Crippen LogP contribution in [0.4, 0.5) is 0 Å². The topological polar surface area (TPSA) is 77.1 Å². The van der Waals surface area contributed by atoms with Gasteiger partial charge in [-0.1, -0.05) is 6.92 Å². The van der Waals surface area contributed by atoms with Crippen LogP contribution in [-0.4, -0.2) is 32.2 Å². The van der Waals surface area contributed by atoms with Crippen molar-refractivity contribution < 1.29 is 4.90 Å². The Bertz CT molecular complexity index is 777. The normalized spacial score (nSPS) is 22.8. The standard InChI is InChI=1S/C14H21N5O2/c1-9-4-6-19(7-5-9)8-10-15-11-12(16-10)17(2)14(21)18(3)13(11)20/h9H,4-8H2,1-3H3,(H,15,16)/p+1. The van der Waals surface area contributed by atoms with Gasteiger partial charge in [0.2, 0.25) is 0 Å². The number of quaternary nitrogens is 1. The van der Waals surface area contributed by atoms with Gasteiger partial charge in [0.15, 0.2) is 11.5 Å². The number of H-pyrrole nitrogens is 1. The van der Waals surface area contributed by atoms with Gasteiger partial charge in [0.05, 0.1) is 13.1 Å². The highest BCUT2D eigenvalue weighted by molar-refractivity contribution is 5.69. The average Bonchev–Trinajstić information content (AvgIpc) is 2.89. The summed E-state index contributed by atoms with van der Waals surface area (Å²) in [7, 11) is 3.13. The van der Waals surface area contributed by atoms with E-state index in [4.69, 9.17) is 0 Å². The SMILES string of the molecule is CC1CC[NH+](Cc2nc3c([nH]2)c(=O)n(C)c(=O)n3C)CC1. The number of rotatable bonds is 2. The van der Waals surface area contributed by atoms with E-state index in [0.29, 0.717) is 11.2 Å². The molecule has 0 amide bonds. The molecule has 21 heavy (non-hydrogen) atoms. The molecule has 3 heterocycles. The van der Waals surface area contributed by atoms with E-state index in [1.807, 2.05) is 0 Å². The first-order chi connectivity index (χ1) is 9.97. The molecule has 0 atom stereocenters. The van der Waals surface area contributed by atoms with Crippen molar-refractivity contribution in [3.05, 3.63) is 26.7 Å². The fourth-order valence-corrected chi connectivity index (χ4v) is 3.04. The molecule has 3 rings (SSSR count). The maximum atomic E-state index is 12.1. The van der Waals surface area contributed by atoms with Crippen LogP contribution < -0.4 is 16.1 Å². The fraction of sp³-hybridized carbons (Fsp3) is 0.643. The monoisotopic (exact) mass is 292 g/mol. The van der Waals surface area contributed by atoms with Gasteiger partial charge in [-0.25, -0.2) is 9.78 Å². The molecular weight excluding hydrogens is 270 g/mol. The van der Waals surface area contributed by atoms with Crippen molar-refractivity contribution in [2.24, 2.45) is 20.0 Å². The van der Waals surface area contributed by atoms with Gasteiger partial charge in [-0.15, -0.1) is 0 Å². The summed E-state index contributed by atoms with van der Waals surface area (Å²) in [5.41, 5.74) is 0.209. The highest BCUT2D eigenvalue weighted by atomic mass is 16.2. The molecule has 0 radical (unpaired) electrons. The number of likely N-dealkylation sites (tertiary alicyclic amines) is 1. The fourth-order valence-electron chi connectivity index (χ4n) is 3.04. The number of hydrogen-bond donors (Lipinski definition) is 2. The summed E-state index contributed by atoms with van der Waals surface area (Å²) in [6.45, 7) is 5.33. The lowest BCUT2D eigenvalue weighted by Gasteiger charge is -2.26. The number of imidazole rings is 1. The number of aryl methyl sites for hydroxylation is 1. The zero-order valence-corrected chi connectivity index (χ0v) is 12.8. The highest BCUT2D eigenvalue weighted by Crippen LogP contribution is 2.08. The van der Waals surface area contributed by atoms with Crippen LogP contribution in [0, 0.1) is 5.92 Å². The number of hydrogen-bond acceptors (Lipinski definition) is 3. The molecule has 0 aromatic carbocycles.